The number of nitrogens with one attached hydrogen (secondary N) is 1. The number of methoxy groups -OCH3 is 1. The van der Waals surface area contributed by atoms with E-state index in [-0.39, 0.29) is 35.9 Å². The van der Waals surface area contributed by atoms with Gasteiger partial charge in [0, 0.05) is 36.6 Å². The minimum atomic E-state index is -0.0928. The van der Waals surface area contributed by atoms with E-state index in [0.29, 0.717) is 12.0 Å². The summed E-state index contributed by atoms with van der Waals surface area (Å²) in [5.41, 5.74) is 1.28. The molecule has 1 aliphatic heterocycles. The highest BCUT2D eigenvalue weighted by atomic mass is 127. The molecule has 26 heavy (non-hydrogen) atoms. The Bertz CT molecular complexity index is 647. The number of likely N-dealkylation sites (tertiary alicyclic amines) is 1. The third-order valence-corrected chi connectivity index (χ3v) is 5.25. The van der Waals surface area contributed by atoms with Gasteiger partial charge in [0.25, 0.3) is 0 Å². The van der Waals surface area contributed by atoms with Crippen LogP contribution in [0.15, 0.2) is 29.3 Å². The number of piperidine rings is 1. The minimum absolute atomic E-state index is 0. The van der Waals surface area contributed by atoms with E-state index in [2.05, 4.69) is 21.3 Å². The number of hydrogen-bond acceptors (Lipinski definition) is 3. The van der Waals surface area contributed by atoms with Crippen LogP contribution in [-0.4, -0.2) is 49.6 Å². The molecule has 1 N–H and O–H groups in total. The van der Waals surface area contributed by atoms with Crippen LogP contribution in [0.4, 0.5) is 0 Å². The summed E-state index contributed by atoms with van der Waals surface area (Å²) < 4.78 is 4.87. The van der Waals surface area contributed by atoms with E-state index in [4.69, 9.17) is 16.3 Å². The predicted molar refractivity (Wildman–Crippen MR) is 115 cm³/mol. The molecule has 0 aromatic heterocycles. The zero-order chi connectivity index (χ0) is 17.8. The van der Waals surface area contributed by atoms with Gasteiger partial charge >= 0.3 is 5.97 Å². The number of benzene rings is 1. The summed E-state index contributed by atoms with van der Waals surface area (Å²) in [6.07, 6.45) is 2.74. The molecule has 0 amide bonds. The fourth-order valence-corrected chi connectivity index (χ4v) is 3.71. The molecular formula is C19H27ClIN3O2. The van der Waals surface area contributed by atoms with Gasteiger partial charge in [-0.25, -0.2) is 0 Å². The highest BCUT2D eigenvalue weighted by Gasteiger charge is 2.40. The van der Waals surface area contributed by atoms with Crippen molar-refractivity contribution in [3.63, 3.8) is 0 Å². The van der Waals surface area contributed by atoms with E-state index in [0.717, 1.165) is 49.9 Å². The van der Waals surface area contributed by atoms with Gasteiger partial charge in [-0.3, -0.25) is 9.79 Å². The van der Waals surface area contributed by atoms with Gasteiger partial charge in [-0.2, -0.15) is 0 Å². The lowest BCUT2D eigenvalue weighted by atomic mass is 9.97. The molecule has 1 heterocycles. The Kier molecular flexibility index (Phi) is 8.01. The maximum absolute atomic E-state index is 11.7. The lowest BCUT2D eigenvalue weighted by Crippen LogP contribution is -2.47. The molecule has 3 rings (SSSR count). The van der Waals surface area contributed by atoms with Crippen molar-refractivity contribution in [1.82, 2.24) is 10.2 Å². The Morgan fingerprint density at radius 1 is 1.38 bits per heavy atom. The zero-order valence-electron chi connectivity index (χ0n) is 15.3. The molecule has 1 saturated carbocycles. The summed E-state index contributed by atoms with van der Waals surface area (Å²) in [5, 5.41) is 4.39. The quantitative estimate of drug-likeness (QED) is 0.302. The summed E-state index contributed by atoms with van der Waals surface area (Å²) in [6.45, 7) is 4.46. The van der Waals surface area contributed by atoms with Gasteiger partial charge in [-0.1, -0.05) is 23.7 Å². The minimum Gasteiger partial charge on any atom is -0.469 e. The highest BCUT2D eigenvalue weighted by Crippen LogP contribution is 2.41. The number of ether oxygens (including phenoxy) is 1. The smallest absolute Gasteiger partial charge is 0.308 e. The third-order valence-electron chi connectivity index (χ3n) is 5.02. The van der Waals surface area contributed by atoms with Gasteiger partial charge in [-0.05, 0) is 43.9 Å². The molecular weight excluding hydrogens is 465 g/mol. The average Bonchev–Trinajstić information content (AvgIpc) is 3.40. The lowest BCUT2D eigenvalue weighted by molar-refractivity contribution is -0.146. The number of carbonyl (C=O) groups is 1. The molecule has 2 atom stereocenters. The second-order valence-electron chi connectivity index (χ2n) is 6.73. The van der Waals surface area contributed by atoms with Crippen molar-refractivity contribution in [2.24, 2.45) is 10.9 Å². The van der Waals surface area contributed by atoms with Crippen molar-refractivity contribution in [2.45, 2.75) is 38.1 Å². The first-order valence-electron chi connectivity index (χ1n) is 9.01. The number of halogens is 2. The van der Waals surface area contributed by atoms with Crippen LogP contribution in [0.3, 0.4) is 0 Å². The number of esters is 1. The van der Waals surface area contributed by atoms with Crippen molar-refractivity contribution in [2.75, 3.05) is 26.7 Å². The number of rotatable bonds is 4. The summed E-state index contributed by atoms with van der Waals surface area (Å²) in [6, 6.07) is 8.50. The largest absolute Gasteiger partial charge is 0.469 e. The number of carbonyl (C=O) groups excluding carboxylic acids is 1. The van der Waals surface area contributed by atoms with E-state index >= 15 is 0 Å². The molecule has 5 nitrogen and oxygen atoms in total. The number of aliphatic imine (C=N–C) groups is 1. The summed E-state index contributed by atoms with van der Waals surface area (Å²) in [5.74, 6) is 1.38. The second-order valence-corrected chi connectivity index (χ2v) is 7.17. The first-order valence-corrected chi connectivity index (χ1v) is 9.39. The Morgan fingerprint density at radius 2 is 2.12 bits per heavy atom. The molecule has 2 aliphatic rings. The Hall–Kier alpha value is -1.02. The van der Waals surface area contributed by atoms with E-state index < -0.39 is 0 Å². The number of guanidine groups is 1. The number of hydrogen-bond donors (Lipinski definition) is 1. The molecule has 1 saturated heterocycles. The summed E-state index contributed by atoms with van der Waals surface area (Å²) >= 11 is 6.10. The fraction of sp³-hybridized carbons (Fsp3) is 0.579. The molecule has 0 radical (unpaired) electrons. The molecule has 1 aliphatic carbocycles. The maximum atomic E-state index is 11.7. The Labute approximate surface area is 177 Å². The van der Waals surface area contributed by atoms with E-state index in [9.17, 15) is 4.79 Å². The highest BCUT2D eigenvalue weighted by molar-refractivity contribution is 14.0. The molecule has 144 valence electrons. The van der Waals surface area contributed by atoms with Crippen LogP contribution >= 0.6 is 35.6 Å². The van der Waals surface area contributed by atoms with Crippen LogP contribution in [0.5, 0.6) is 0 Å². The lowest BCUT2D eigenvalue weighted by Gasteiger charge is -2.33. The first-order chi connectivity index (χ1) is 12.1. The van der Waals surface area contributed by atoms with E-state index in [1.807, 2.05) is 25.1 Å². The summed E-state index contributed by atoms with van der Waals surface area (Å²) in [7, 11) is 1.46. The Morgan fingerprint density at radius 3 is 2.73 bits per heavy atom. The normalized spacial score (nSPS) is 23.2. The van der Waals surface area contributed by atoms with Gasteiger partial charge < -0.3 is 15.0 Å². The second kappa shape index (κ2) is 9.78. The maximum Gasteiger partial charge on any atom is 0.308 e. The average molecular weight is 492 g/mol. The van der Waals surface area contributed by atoms with Gasteiger partial charge in [-0.15, -0.1) is 24.0 Å². The van der Waals surface area contributed by atoms with Crippen LogP contribution in [0.25, 0.3) is 0 Å². The van der Waals surface area contributed by atoms with Crippen molar-refractivity contribution in [3.8, 4) is 0 Å². The van der Waals surface area contributed by atoms with E-state index in [1.54, 1.807) is 0 Å². The van der Waals surface area contributed by atoms with Crippen molar-refractivity contribution in [3.05, 3.63) is 34.9 Å². The topological polar surface area (TPSA) is 53.9 Å². The van der Waals surface area contributed by atoms with Gasteiger partial charge in [0.1, 0.15) is 0 Å². The van der Waals surface area contributed by atoms with Crippen LogP contribution in [0, 0.1) is 5.92 Å². The van der Waals surface area contributed by atoms with Gasteiger partial charge in [0.05, 0.1) is 13.0 Å². The van der Waals surface area contributed by atoms with Crippen LogP contribution in [0.2, 0.25) is 5.02 Å². The molecule has 0 spiro atoms. The standard InChI is InChI=1S/C19H26ClN3O2.HI/c1-3-21-19(23-9-7-13(8-10-23)18(24)25-2)22-17-12-16(17)14-5-4-6-15(20)11-14;/h4-6,11,13,16-17H,3,7-10,12H2,1-2H3,(H,21,22);1H. The molecule has 7 heteroatoms. The predicted octanol–water partition coefficient (Wildman–Crippen LogP) is 3.66. The van der Waals surface area contributed by atoms with Crippen LogP contribution < -0.4 is 5.32 Å². The first kappa shape index (κ1) is 21.3. The van der Waals surface area contributed by atoms with Gasteiger partial charge in [0.2, 0.25) is 0 Å². The summed E-state index contributed by atoms with van der Waals surface area (Å²) in [4.78, 5) is 18.6. The van der Waals surface area contributed by atoms with Crippen LogP contribution in [0.1, 0.15) is 37.7 Å². The third kappa shape index (κ3) is 5.25. The molecule has 0 bridgehead atoms. The number of nitrogens with zero attached hydrogens (tertiary/aromatic N) is 2. The van der Waals surface area contributed by atoms with Crippen molar-refractivity contribution in [1.29, 1.82) is 0 Å². The fourth-order valence-electron chi connectivity index (χ4n) is 3.51. The van der Waals surface area contributed by atoms with E-state index in [1.165, 1.54) is 12.7 Å². The molecule has 2 unspecified atom stereocenters. The SMILES string of the molecule is CCN=C(NC1CC1c1cccc(Cl)c1)N1CCC(C(=O)OC)CC1.I. The monoisotopic (exact) mass is 491 g/mol. The van der Waals surface area contributed by atoms with Crippen LogP contribution in [-0.2, 0) is 9.53 Å². The van der Waals surface area contributed by atoms with Crippen molar-refractivity contribution >= 4 is 47.5 Å². The molecule has 1 aromatic carbocycles. The molecule has 1 aromatic rings. The van der Waals surface area contributed by atoms with Gasteiger partial charge in [0.15, 0.2) is 5.96 Å². The zero-order valence-corrected chi connectivity index (χ0v) is 18.4. The molecule has 2 fully saturated rings. The van der Waals surface area contributed by atoms with Crippen molar-refractivity contribution < 1.29 is 9.53 Å². The Balaban J connectivity index is 0.00000243.